The van der Waals surface area contributed by atoms with Crippen molar-refractivity contribution in [3.8, 4) is 11.5 Å². The number of nitrogens with one attached hydrogen (secondary N) is 1. The quantitative estimate of drug-likeness (QED) is 0.819. The third-order valence-corrected chi connectivity index (χ3v) is 3.79. The van der Waals surface area contributed by atoms with E-state index in [2.05, 4.69) is 17.1 Å². The fourth-order valence-corrected chi connectivity index (χ4v) is 2.68. The van der Waals surface area contributed by atoms with Gasteiger partial charge in [-0.15, -0.1) is 0 Å². The van der Waals surface area contributed by atoms with Crippen molar-refractivity contribution < 1.29 is 9.47 Å². The molecule has 2 heterocycles. The van der Waals surface area contributed by atoms with Crippen molar-refractivity contribution in [2.75, 3.05) is 39.4 Å². The summed E-state index contributed by atoms with van der Waals surface area (Å²) in [7, 11) is 0. The predicted molar refractivity (Wildman–Crippen MR) is 73.5 cm³/mol. The second-order valence-electron chi connectivity index (χ2n) is 5.08. The van der Waals surface area contributed by atoms with E-state index in [4.69, 9.17) is 15.2 Å². The van der Waals surface area contributed by atoms with Crippen molar-refractivity contribution in [3.63, 3.8) is 0 Å². The zero-order valence-corrected chi connectivity index (χ0v) is 11.3. The minimum atomic E-state index is -0.0714. The predicted octanol–water partition coefficient (Wildman–Crippen LogP) is 0.629. The maximum absolute atomic E-state index is 6.41. The summed E-state index contributed by atoms with van der Waals surface area (Å²) in [4.78, 5) is 2.30. The summed E-state index contributed by atoms with van der Waals surface area (Å²) in [6, 6.07) is 4.07. The minimum absolute atomic E-state index is 0.0714. The van der Waals surface area contributed by atoms with E-state index in [1.165, 1.54) is 0 Å². The molecule has 1 atom stereocenters. The Labute approximate surface area is 113 Å². The van der Waals surface area contributed by atoms with Gasteiger partial charge in [-0.3, -0.25) is 4.90 Å². The lowest BCUT2D eigenvalue weighted by molar-refractivity contribution is 0.165. The lowest BCUT2D eigenvalue weighted by Gasteiger charge is -2.34. The van der Waals surface area contributed by atoms with Crippen LogP contribution in [0.25, 0.3) is 0 Å². The van der Waals surface area contributed by atoms with E-state index in [1.807, 2.05) is 12.1 Å². The molecule has 0 amide bonds. The zero-order chi connectivity index (χ0) is 13.2. The SMILES string of the molecule is Cc1cc2c(cc1C(N)N1CCNCC1)OCCO2. The Morgan fingerprint density at radius 3 is 2.47 bits per heavy atom. The van der Waals surface area contributed by atoms with Gasteiger partial charge in [0.25, 0.3) is 0 Å². The normalized spacial score (nSPS) is 21.2. The van der Waals surface area contributed by atoms with Crippen molar-refractivity contribution in [2.24, 2.45) is 5.73 Å². The van der Waals surface area contributed by atoms with Crippen molar-refractivity contribution >= 4 is 0 Å². The Bertz CT molecular complexity index is 458. The average Bonchev–Trinajstić information content (AvgIpc) is 2.47. The molecule has 1 saturated heterocycles. The Hall–Kier alpha value is -1.30. The summed E-state index contributed by atoms with van der Waals surface area (Å²) < 4.78 is 11.2. The van der Waals surface area contributed by atoms with Gasteiger partial charge in [-0.25, -0.2) is 0 Å². The number of benzene rings is 1. The van der Waals surface area contributed by atoms with Crippen LogP contribution in [-0.4, -0.2) is 44.3 Å². The van der Waals surface area contributed by atoms with Crippen molar-refractivity contribution in [3.05, 3.63) is 23.3 Å². The van der Waals surface area contributed by atoms with Crippen LogP contribution >= 0.6 is 0 Å². The van der Waals surface area contributed by atoms with Crippen LogP contribution in [0.4, 0.5) is 0 Å². The topological polar surface area (TPSA) is 59.8 Å². The maximum atomic E-state index is 6.41. The maximum Gasteiger partial charge on any atom is 0.161 e. The van der Waals surface area contributed by atoms with E-state index in [0.717, 1.165) is 48.8 Å². The van der Waals surface area contributed by atoms with Crippen LogP contribution in [0.1, 0.15) is 17.3 Å². The number of nitrogens with zero attached hydrogens (tertiary/aromatic N) is 1. The number of fused-ring (bicyclic) bond motifs is 1. The highest BCUT2D eigenvalue weighted by Gasteiger charge is 2.22. The molecule has 3 rings (SSSR count). The summed E-state index contributed by atoms with van der Waals surface area (Å²) in [6.45, 7) is 7.27. The summed E-state index contributed by atoms with van der Waals surface area (Å²) in [5, 5.41) is 3.34. The first kappa shape index (κ1) is 12.7. The van der Waals surface area contributed by atoms with Gasteiger partial charge in [0.05, 0.1) is 6.17 Å². The molecule has 1 aromatic carbocycles. The van der Waals surface area contributed by atoms with Gasteiger partial charge in [-0.1, -0.05) is 0 Å². The van der Waals surface area contributed by atoms with Crippen LogP contribution in [0, 0.1) is 6.92 Å². The van der Waals surface area contributed by atoms with Gasteiger partial charge in [-0.05, 0) is 30.2 Å². The highest BCUT2D eigenvalue weighted by atomic mass is 16.6. The molecule has 0 spiro atoms. The summed E-state index contributed by atoms with van der Waals surface area (Å²) >= 11 is 0. The number of ether oxygens (including phenoxy) is 2. The fourth-order valence-electron chi connectivity index (χ4n) is 2.68. The molecule has 5 heteroatoms. The first-order chi connectivity index (χ1) is 9.25. The van der Waals surface area contributed by atoms with Crippen LogP contribution < -0.4 is 20.5 Å². The van der Waals surface area contributed by atoms with E-state index >= 15 is 0 Å². The number of hydrogen-bond donors (Lipinski definition) is 2. The molecule has 3 N–H and O–H groups in total. The highest BCUT2D eigenvalue weighted by Crippen LogP contribution is 2.35. The molecule has 0 radical (unpaired) electrons. The second kappa shape index (κ2) is 5.36. The Morgan fingerprint density at radius 2 is 1.79 bits per heavy atom. The van der Waals surface area contributed by atoms with E-state index in [0.29, 0.717) is 13.2 Å². The summed E-state index contributed by atoms with van der Waals surface area (Å²) in [5.74, 6) is 1.65. The zero-order valence-electron chi connectivity index (χ0n) is 11.3. The monoisotopic (exact) mass is 263 g/mol. The Balaban J connectivity index is 1.86. The molecule has 0 aliphatic carbocycles. The van der Waals surface area contributed by atoms with Crippen LogP contribution in [0.5, 0.6) is 11.5 Å². The van der Waals surface area contributed by atoms with Crippen LogP contribution in [0.2, 0.25) is 0 Å². The number of piperazine rings is 1. The number of nitrogens with two attached hydrogens (primary N) is 1. The van der Waals surface area contributed by atoms with Gasteiger partial charge in [0.1, 0.15) is 13.2 Å². The Kier molecular flexibility index (Phi) is 3.59. The smallest absolute Gasteiger partial charge is 0.161 e. The molecule has 1 unspecified atom stereocenters. The number of hydrogen-bond acceptors (Lipinski definition) is 5. The largest absolute Gasteiger partial charge is 0.486 e. The molecular weight excluding hydrogens is 242 g/mol. The average molecular weight is 263 g/mol. The molecule has 1 fully saturated rings. The second-order valence-corrected chi connectivity index (χ2v) is 5.08. The lowest BCUT2D eigenvalue weighted by Crippen LogP contribution is -2.47. The molecule has 19 heavy (non-hydrogen) atoms. The van der Waals surface area contributed by atoms with Crippen molar-refractivity contribution in [2.45, 2.75) is 13.1 Å². The summed E-state index contributed by atoms with van der Waals surface area (Å²) in [6.07, 6.45) is -0.0714. The highest BCUT2D eigenvalue weighted by molar-refractivity contribution is 5.48. The molecule has 5 nitrogen and oxygen atoms in total. The van der Waals surface area contributed by atoms with Crippen molar-refractivity contribution in [1.29, 1.82) is 0 Å². The molecule has 104 valence electrons. The molecule has 0 saturated carbocycles. The first-order valence-electron chi connectivity index (χ1n) is 6.86. The first-order valence-corrected chi connectivity index (χ1v) is 6.86. The number of rotatable bonds is 2. The minimum Gasteiger partial charge on any atom is -0.486 e. The summed E-state index contributed by atoms with van der Waals surface area (Å²) in [5.41, 5.74) is 8.70. The van der Waals surface area contributed by atoms with Gasteiger partial charge in [0, 0.05) is 26.2 Å². The van der Waals surface area contributed by atoms with Gasteiger partial charge in [-0.2, -0.15) is 0 Å². The molecule has 0 bridgehead atoms. The van der Waals surface area contributed by atoms with Gasteiger partial charge in [0.2, 0.25) is 0 Å². The van der Waals surface area contributed by atoms with Crippen LogP contribution in [0.15, 0.2) is 12.1 Å². The molecular formula is C14H21N3O2. The van der Waals surface area contributed by atoms with E-state index in [-0.39, 0.29) is 6.17 Å². The standard InChI is InChI=1S/C14H21N3O2/c1-10-8-12-13(19-7-6-18-12)9-11(10)14(15)17-4-2-16-3-5-17/h8-9,14,16H,2-7,15H2,1H3. The molecule has 2 aliphatic rings. The van der Waals surface area contributed by atoms with Crippen LogP contribution in [0.3, 0.4) is 0 Å². The van der Waals surface area contributed by atoms with Crippen LogP contribution in [-0.2, 0) is 0 Å². The van der Waals surface area contributed by atoms with Gasteiger partial charge >= 0.3 is 0 Å². The van der Waals surface area contributed by atoms with E-state index in [9.17, 15) is 0 Å². The van der Waals surface area contributed by atoms with Crippen molar-refractivity contribution in [1.82, 2.24) is 10.2 Å². The fraction of sp³-hybridized carbons (Fsp3) is 0.571. The number of aryl methyl sites for hydroxylation is 1. The van der Waals surface area contributed by atoms with E-state index < -0.39 is 0 Å². The third kappa shape index (κ3) is 2.54. The lowest BCUT2D eigenvalue weighted by atomic mass is 10.0. The molecule has 0 aromatic heterocycles. The molecule has 2 aliphatic heterocycles. The van der Waals surface area contributed by atoms with Gasteiger partial charge < -0.3 is 20.5 Å². The molecule has 1 aromatic rings. The Morgan fingerprint density at radius 1 is 1.16 bits per heavy atom. The van der Waals surface area contributed by atoms with E-state index in [1.54, 1.807) is 0 Å². The van der Waals surface area contributed by atoms with Gasteiger partial charge in [0.15, 0.2) is 11.5 Å². The third-order valence-electron chi connectivity index (χ3n) is 3.79.